The Morgan fingerprint density at radius 3 is 2.59 bits per heavy atom. The molecule has 9 heteroatoms. The van der Waals surface area contributed by atoms with Gasteiger partial charge in [-0.05, 0) is 48.0 Å². The van der Waals surface area contributed by atoms with Gasteiger partial charge in [0.2, 0.25) is 0 Å². The number of methoxy groups -OCH3 is 1. The zero-order chi connectivity index (χ0) is 23.8. The number of pyridine rings is 1. The number of ether oxygens (including phenoxy) is 3. The number of benzene rings is 2. The molecule has 0 bridgehead atoms. The third kappa shape index (κ3) is 3.47. The van der Waals surface area contributed by atoms with E-state index in [2.05, 4.69) is 4.98 Å². The molecule has 9 nitrogen and oxygen atoms in total. The van der Waals surface area contributed by atoms with Gasteiger partial charge in [0.05, 0.1) is 18.7 Å². The van der Waals surface area contributed by atoms with Gasteiger partial charge < -0.3 is 24.4 Å². The number of hydrogen-bond acceptors (Lipinski definition) is 8. The number of aliphatic hydroxyl groups is 1. The van der Waals surface area contributed by atoms with Crippen LogP contribution in [-0.2, 0) is 9.59 Å². The number of aliphatic hydroxyl groups excluding tert-OH is 1. The van der Waals surface area contributed by atoms with Crippen molar-refractivity contribution in [2.24, 2.45) is 0 Å². The van der Waals surface area contributed by atoms with Crippen LogP contribution in [0.3, 0.4) is 0 Å². The second kappa shape index (κ2) is 8.43. The minimum atomic E-state index is -1.02. The van der Waals surface area contributed by atoms with E-state index in [1.54, 1.807) is 42.5 Å². The summed E-state index contributed by atoms with van der Waals surface area (Å²) in [6.45, 7) is 0.769. The second-order valence-corrected chi connectivity index (χ2v) is 7.65. The molecule has 0 aliphatic carbocycles. The van der Waals surface area contributed by atoms with Crippen molar-refractivity contribution >= 4 is 23.3 Å². The third-order valence-corrected chi connectivity index (χ3v) is 5.68. The fraction of sp³-hybridized carbons (Fsp3) is 0.160. The van der Waals surface area contributed by atoms with E-state index >= 15 is 0 Å². The van der Waals surface area contributed by atoms with E-state index in [1.165, 1.54) is 30.3 Å². The largest absolute Gasteiger partial charge is 0.507 e. The van der Waals surface area contributed by atoms with Crippen molar-refractivity contribution in [3.63, 3.8) is 0 Å². The van der Waals surface area contributed by atoms with Gasteiger partial charge in [-0.1, -0.05) is 12.1 Å². The van der Waals surface area contributed by atoms with Crippen molar-refractivity contribution < 1.29 is 34.0 Å². The molecule has 34 heavy (non-hydrogen) atoms. The smallest absolute Gasteiger partial charge is 0.301 e. The molecular formula is C25H20N2O7. The first-order valence-electron chi connectivity index (χ1n) is 10.5. The van der Waals surface area contributed by atoms with E-state index in [4.69, 9.17) is 14.2 Å². The Bertz CT molecular complexity index is 1320. The predicted octanol–water partition coefficient (Wildman–Crippen LogP) is 3.19. The first kappa shape index (κ1) is 21.3. The lowest BCUT2D eigenvalue weighted by molar-refractivity contribution is -0.132. The molecule has 0 saturated carbocycles. The maximum absolute atomic E-state index is 13.2. The van der Waals surface area contributed by atoms with Crippen LogP contribution in [0.5, 0.6) is 23.0 Å². The fourth-order valence-corrected chi connectivity index (χ4v) is 4.09. The topological polar surface area (TPSA) is 118 Å². The van der Waals surface area contributed by atoms with E-state index in [-0.39, 0.29) is 28.6 Å². The van der Waals surface area contributed by atoms with Gasteiger partial charge in [-0.3, -0.25) is 14.5 Å². The first-order chi connectivity index (χ1) is 16.5. The van der Waals surface area contributed by atoms with Crippen LogP contribution in [0.2, 0.25) is 0 Å². The Morgan fingerprint density at radius 1 is 1.06 bits per heavy atom. The normalized spacial score (nSPS) is 18.7. The number of amides is 1. The third-order valence-electron chi connectivity index (χ3n) is 5.68. The van der Waals surface area contributed by atoms with Crippen molar-refractivity contribution in [1.29, 1.82) is 0 Å². The van der Waals surface area contributed by atoms with Crippen molar-refractivity contribution in [3.05, 3.63) is 77.5 Å². The Hall–Kier alpha value is -4.53. The summed E-state index contributed by atoms with van der Waals surface area (Å²) in [5.41, 5.74) is 0.609. The first-order valence-corrected chi connectivity index (χ1v) is 10.5. The highest BCUT2D eigenvalue weighted by Gasteiger charge is 2.47. The molecule has 1 aromatic heterocycles. The lowest BCUT2D eigenvalue weighted by atomic mass is 9.94. The van der Waals surface area contributed by atoms with Gasteiger partial charge in [-0.2, -0.15) is 0 Å². The van der Waals surface area contributed by atoms with Gasteiger partial charge in [0.25, 0.3) is 5.78 Å². The lowest BCUT2D eigenvalue weighted by Crippen LogP contribution is -2.30. The van der Waals surface area contributed by atoms with Crippen LogP contribution in [-0.4, -0.2) is 47.2 Å². The van der Waals surface area contributed by atoms with Gasteiger partial charge in [-0.25, -0.2) is 4.98 Å². The van der Waals surface area contributed by atoms with Crippen molar-refractivity contribution in [1.82, 2.24) is 4.98 Å². The van der Waals surface area contributed by atoms with Gasteiger partial charge in [-0.15, -0.1) is 0 Å². The number of anilines is 1. The molecule has 2 aliphatic heterocycles. The van der Waals surface area contributed by atoms with Crippen LogP contribution >= 0.6 is 0 Å². The van der Waals surface area contributed by atoms with E-state index in [0.717, 1.165) is 0 Å². The molecule has 172 valence electrons. The molecule has 1 fully saturated rings. The predicted molar refractivity (Wildman–Crippen MR) is 121 cm³/mol. The molecule has 3 aromatic rings. The van der Waals surface area contributed by atoms with E-state index < -0.39 is 17.7 Å². The van der Waals surface area contributed by atoms with Crippen LogP contribution in [0.15, 0.2) is 66.4 Å². The summed E-state index contributed by atoms with van der Waals surface area (Å²) in [5.74, 6) is -0.830. The number of hydrogen-bond donors (Lipinski definition) is 2. The SMILES string of the molecule is COc1cc(C2C(=C(O)c3ccc4c(c3)OCCO4)C(=O)C(=O)N2c2ccccn2)ccc1O. The van der Waals surface area contributed by atoms with Crippen LogP contribution in [0.4, 0.5) is 5.82 Å². The van der Waals surface area contributed by atoms with Gasteiger partial charge in [0.1, 0.15) is 24.8 Å². The fourth-order valence-electron chi connectivity index (χ4n) is 4.09. The Morgan fingerprint density at radius 2 is 1.85 bits per heavy atom. The van der Waals surface area contributed by atoms with Gasteiger partial charge in [0, 0.05) is 11.8 Å². The zero-order valence-electron chi connectivity index (χ0n) is 18.1. The lowest BCUT2D eigenvalue weighted by Gasteiger charge is -2.25. The number of phenolic OH excluding ortho intramolecular Hbond substituents is 1. The summed E-state index contributed by atoms with van der Waals surface area (Å²) in [6.07, 6.45) is 1.50. The molecular weight excluding hydrogens is 440 g/mol. The molecule has 2 aliphatic rings. The molecule has 0 spiro atoms. The number of aromatic nitrogens is 1. The van der Waals surface area contributed by atoms with E-state index in [1.807, 2.05) is 0 Å². The molecule has 1 amide bonds. The molecule has 2 aromatic carbocycles. The van der Waals surface area contributed by atoms with E-state index in [9.17, 15) is 19.8 Å². The number of fused-ring (bicyclic) bond motifs is 1. The molecule has 0 radical (unpaired) electrons. The summed E-state index contributed by atoms with van der Waals surface area (Å²) >= 11 is 0. The Kier molecular flexibility index (Phi) is 5.29. The number of phenols is 1. The number of carbonyl (C=O) groups excluding carboxylic acids is 2. The Labute approximate surface area is 194 Å². The van der Waals surface area contributed by atoms with Gasteiger partial charge >= 0.3 is 5.91 Å². The highest BCUT2D eigenvalue weighted by atomic mass is 16.6. The van der Waals surface area contributed by atoms with Crippen LogP contribution < -0.4 is 19.1 Å². The summed E-state index contributed by atoms with van der Waals surface area (Å²) < 4.78 is 16.3. The summed E-state index contributed by atoms with van der Waals surface area (Å²) in [6, 6.07) is 13.2. The summed E-state index contributed by atoms with van der Waals surface area (Å²) in [5, 5.41) is 21.3. The maximum Gasteiger partial charge on any atom is 0.301 e. The number of ketones is 1. The zero-order valence-corrected chi connectivity index (χ0v) is 18.1. The van der Waals surface area contributed by atoms with Crippen molar-refractivity contribution in [3.8, 4) is 23.0 Å². The summed E-state index contributed by atoms with van der Waals surface area (Å²) in [7, 11) is 1.39. The average molecular weight is 460 g/mol. The number of Topliss-reactive ketones (excluding diaryl/α,β-unsaturated/α-hetero) is 1. The maximum atomic E-state index is 13.2. The number of aromatic hydroxyl groups is 1. The minimum absolute atomic E-state index is 0.104. The standard InChI is InChI=1S/C25H20N2O7/c1-32-18-12-14(5-7-16(18)28)22-21(24(30)25(31)27(22)20-4-2-3-9-26-20)23(29)15-6-8-17-19(13-15)34-11-10-33-17/h2-9,12-13,22,28-29H,10-11H2,1H3. The van der Waals surface area contributed by atoms with Crippen molar-refractivity contribution in [2.75, 3.05) is 25.2 Å². The van der Waals surface area contributed by atoms with Crippen molar-refractivity contribution in [2.45, 2.75) is 6.04 Å². The molecule has 1 atom stereocenters. The molecule has 5 rings (SSSR count). The molecule has 1 unspecified atom stereocenters. The molecule has 3 heterocycles. The monoisotopic (exact) mass is 460 g/mol. The number of nitrogens with zero attached hydrogens (tertiary/aromatic N) is 2. The molecule has 1 saturated heterocycles. The highest BCUT2D eigenvalue weighted by Crippen LogP contribution is 2.44. The quantitative estimate of drug-likeness (QED) is 0.346. The second-order valence-electron chi connectivity index (χ2n) is 7.65. The average Bonchev–Trinajstić information content (AvgIpc) is 3.14. The number of rotatable bonds is 4. The number of carbonyl (C=O) groups is 2. The van der Waals surface area contributed by atoms with Crippen LogP contribution in [0.25, 0.3) is 5.76 Å². The summed E-state index contributed by atoms with van der Waals surface area (Å²) in [4.78, 5) is 31.8. The van der Waals surface area contributed by atoms with E-state index in [0.29, 0.717) is 35.8 Å². The minimum Gasteiger partial charge on any atom is -0.507 e. The van der Waals surface area contributed by atoms with Crippen LogP contribution in [0, 0.1) is 0 Å². The highest BCUT2D eigenvalue weighted by molar-refractivity contribution is 6.51. The van der Waals surface area contributed by atoms with Crippen LogP contribution in [0.1, 0.15) is 17.2 Å². The Balaban J connectivity index is 1.71. The van der Waals surface area contributed by atoms with Gasteiger partial charge in [0.15, 0.2) is 23.0 Å². The molecule has 2 N–H and O–H groups in total.